The van der Waals surface area contributed by atoms with Crippen molar-refractivity contribution in [3.05, 3.63) is 70.7 Å². The number of aromatic nitrogens is 4. The molecule has 0 aliphatic rings. The molecule has 0 fully saturated rings. The lowest BCUT2D eigenvalue weighted by molar-refractivity contribution is 0.529. The lowest BCUT2D eigenvalue weighted by Gasteiger charge is -2.05. The van der Waals surface area contributed by atoms with E-state index in [0.29, 0.717) is 44.0 Å². The molecule has 0 unspecified atom stereocenters. The number of thioether (sulfide) groups is 1. The van der Waals surface area contributed by atoms with E-state index < -0.39 is 0 Å². The Morgan fingerprint density at radius 3 is 2.67 bits per heavy atom. The summed E-state index contributed by atoms with van der Waals surface area (Å²) in [6, 6.07) is 14.9. The predicted molar refractivity (Wildman–Crippen MR) is 107 cm³/mol. The van der Waals surface area contributed by atoms with E-state index in [0.717, 1.165) is 5.56 Å². The van der Waals surface area contributed by atoms with E-state index >= 15 is 0 Å². The smallest absolute Gasteiger partial charge is 0.210 e. The van der Waals surface area contributed by atoms with Crippen molar-refractivity contribution < 1.29 is 4.42 Å². The van der Waals surface area contributed by atoms with Gasteiger partial charge in [0.05, 0.1) is 17.0 Å². The molecule has 0 saturated heterocycles. The summed E-state index contributed by atoms with van der Waals surface area (Å²) in [6.45, 7) is 0. The Hall–Kier alpha value is -2.48. The highest BCUT2D eigenvalue weighted by atomic mass is 35.5. The molecule has 2 heterocycles. The minimum absolute atomic E-state index is 0.455. The minimum Gasteiger partial charge on any atom is -0.440 e. The van der Waals surface area contributed by atoms with Crippen LogP contribution in [0.3, 0.4) is 0 Å². The summed E-state index contributed by atoms with van der Waals surface area (Å²) in [6.07, 6.45) is 1.71. The molecule has 0 bridgehead atoms. The number of halogens is 2. The van der Waals surface area contributed by atoms with Crippen molar-refractivity contribution in [3.63, 3.8) is 0 Å². The molecule has 0 radical (unpaired) electrons. The van der Waals surface area contributed by atoms with Crippen molar-refractivity contribution in [1.82, 2.24) is 19.9 Å². The lowest BCUT2D eigenvalue weighted by atomic mass is 10.2. The van der Waals surface area contributed by atoms with Crippen LogP contribution in [0.25, 0.3) is 22.7 Å². The molecule has 136 valence electrons. The standard InChI is InChI=1S/C18H13Cl2N5OS/c19-12-6-7-13(14(20)8-12)17-23-24-18(25(17)21)27-10-16-22-9-15(26-16)11-4-2-1-3-5-11/h1-9H,10,21H2. The van der Waals surface area contributed by atoms with Crippen molar-refractivity contribution in [1.29, 1.82) is 0 Å². The summed E-state index contributed by atoms with van der Waals surface area (Å²) in [7, 11) is 0. The fraction of sp³-hybridized carbons (Fsp3) is 0.0556. The summed E-state index contributed by atoms with van der Waals surface area (Å²) in [5.74, 6) is 8.35. The third-order valence-corrected chi connectivity index (χ3v) is 5.25. The van der Waals surface area contributed by atoms with E-state index in [1.165, 1.54) is 16.4 Å². The fourth-order valence-electron chi connectivity index (χ4n) is 2.47. The summed E-state index contributed by atoms with van der Waals surface area (Å²) in [5, 5.41) is 9.78. The first kappa shape index (κ1) is 17.9. The Balaban J connectivity index is 1.50. The Morgan fingerprint density at radius 1 is 1.07 bits per heavy atom. The number of nitrogens with two attached hydrogens (primary N) is 1. The zero-order valence-electron chi connectivity index (χ0n) is 13.8. The molecule has 27 heavy (non-hydrogen) atoms. The monoisotopic (exact) mass is 417 g/mol. The first-order valence-corrected chi connectivity index (χ1v) is 9.65. The average molecular weight is 418 g/mol. The molecule has 4 rings (SSSR count). The van der Waals surface area contributed by atoms with E-state index in [2.05, 4.69) is 15.2 Å². The molecule has 0 aliphatic heterocycles. The van der Waals surface area contributed by atoms with Crippen LogP contribution in [0.2, 0.25) is 10.0 Å². The third-order valence-electron chi connectivity index (χ3n) is 3.77. The van der Waals surface area contributed by atoms with E-state index in [-0.39, 0.29) is 0 Å². The van der Waals surface area contributed by atoms with Gasteiger partial charge in [0.2, 0.25) is 11.0 Å². The zero-order chi connectivity index (χ0) is 18.8. The van der Waals surface area contributed by atoms with E-state index in [4.69, 9.17) is 33.5 Å². The van der Waals surface area contributed by atoms with Gasteiger partial charge in [-0.3, -0.25) is 0 Å². The molecule has 4 aromatic rings. The molecule has 2 aromatic carbocycles. The number of rotatable bonds is 5. The number of nitrogens with zero attached hydrogens (tertiary/aromatic N) is 4. The molecule has 6 nitrogen and oxygen atoms in total. The van der Waals surface area contributed by atoms with Crippen LogP contribution >= 0.6 is 35.0 Å². The van der Waals surface area contributed by atoms with Gasteiger partial charge in [0.1, 0.15) is 0 Å². The second kappa shape index (κ2) is 7.64. The predicted octanol–water partition coefficient (Wildman–Crippen LogP) is 4.91. The van der Waals surface area contributed by atoms with Gasteiger partial charge in [0.15, 0.2) is 11.6 Å². The van der Waals surface area contributed by atoms with Crippen molar-refractivity contribution in [2.24, 2.45) is 0 Å². The van der Waals surface area contributed by atoms with Gasteiger partial charge in [-0.25, -0.2) is 9.66 Å². The van der Waals surface area contributed by atoms with Crippen molar-refractivity contribution in [3.8, 4) is 22.7 Å². The lowest BCUT2D eigenvalue weighted by Crippen LogP contribution is -2.11. The first-order valence-electron chi connectivity index (χ1n) is 7.90. The fourth-order valence-corrected chi connectivity index (χ4v) is 3.67. The molecule has 0 aliphatic carbocycles. The number of benzene rings is 2. The summed E-state index contributed by atoms with van der Waals surface area (Å²) >= 11 is 13.5. The molecule has 0 saturated carbocycles. The average Bonchev–Trinajstić information content (AvgIpc) is 3.28. The molecule has 0 amide bonds. The Labute approximate surface area is 169 Å². The third kappa shape index (κ3) is 3.80. The minimum atomic E-state index is 0.455. The van der Waals surface area contributed by atoms with Crippen molar-refractivity contribution in [2.75, 3.05) is 5.84 Å². The van der Waals surface area contributed by atoms with Gasteiger partial charge >= 0.3 is 0 Å². The van der Waals surface area contributed by atoms with Crippen LogP contribution in [0.15, 0.2) is 64.3 Å². The topological polar surface area (TPSA) is 82.8 Å². The highest BCUT2D eigenvalue weighted by molar-refractivity contribution is 7.98. The Morgan fingerprint density at radius 2 is 1.89 bits per heavy atom. The van der Waals surface area contributed by atoms with Crippen molar-refractivity contribution >= 4 is 35.0 Å². The molecule has 0 atom stereocenters. The van der Waals surface area contributed by atoms with Crippen LogP contribution in [0.4, 0.5) is 0 Å². The number of hydrogen-bond donors (Lipinski definition) is 1. The van der Waals surface area contributed by atoms with Crippen LogP contribution < -0.4 is 5.84 Å². The Bertz CT molecular complexity index is 1080. The van der Waals surface area contributed by atoms with Gasteiger partial charge in [0.25, 0.3) is 0 Å². The van der Waals surface area contributed by atoms with Gasteiger partial charge in [-0.05, 0) is 18.2 Å². The maximum absolute atomic E-state index is 6.23. The number of nitrogen functional groups attached to an aromatic ring is 1. The van der Waals surface area contributed by atoms with Crippen LogP contribution in [-0.2, 0) is 5.75 Å². The van der Waals surface area contributed by atoms with Crippen molar-refractivity contribution in [2.45, 2.75) is 10.9 Å². The second-order valence-electron chi connectivity index (χ2n) is 5.57. The van der Waals surface area contributed by atoms with Gasteiger partial charge in [0, 0.05) is 16.1 Å². The molecule has 9 heteroatoms. The van der Waals surface area contributed by atoms with Gasteiger partial charge < -0.3 is 10.3 Å². The highest BCUT2D eigenvalue weighted by Gasteiger charge is 2.16. The summed E-state index contributed by atoms with van der Waals surface area (Å²) in [4.78, 5) is 4.30. The number of hydrogen-bond acceptors (Lipinski definition) is 6. The molecule has 0 spiro atoms. The van der Waals surface area contributed by atoms with Crippen LogP contribution in [0, 0.1) is 0 Å². The Kier molecular flexibility index (Phi) is 5.07. The maximum Gasteiger partial charge on any atom is 0.210 e. The normalized spacial score (nSPS) is 11.0. The SMILES string of the molecule is Nn1c(SCc2ncc(-c3ccccc3)o2)nnc1-c1ccc(Cl)cc1Cl. The highest BCUT2D eigenvalue weighted by Crippen LogP contribution is 2.31. The second-order valence-corrected chi connectivity index (χ2v) is 7.36. The molecule has 2 N–H and O–H groups in total. The largest absolute Gasteiger partial charge is 0.440 e. The quantitative estimate of drug-likeness (QED) is 0.366. The maximum atomic E-state index is 6.23. The molecule has 2 aromatic heterocycles. The van der Waals surface area contributed by atoms with Gasteiger partial charge in [-0.2, -0.15) is 0 Å². The van der Waals surface area contributed by atoms with Gasteiger partial charge in [-0.1, -0.05) is 65.3 Å². The number of oxazole rings is 1. The van der Waals surface area contributed by atoms with E-state index in [1.54, 1.807) is 24.4 Å². The van der Waals surface area contributed by atoms with Gasteiger partial charge in [-0.15, -0.1) is 10.2 Å². The van der Waals surface area contributed by atoms with Crippen LogP contribution in [-0.4, -0.2) is 19.9 Å². The summed E-state index contributed by atoms with van der Waals surface area (Å²) in [5.41, 5.74) is 1.63. The van der Waals surface area contributed by atoms with E-state index in [9.17, 15) is 0 Å². The summed E-state index contributed by atoms with van der Waals surface area (Å²) < 4.78 is 7.18. The molecular formula is C18H13Cl2N5OS. The van der Waals surface area contributed by atoms with Crippen LogP contribution in [0.5, 0.6) is 0 Å². The molecular weight excluding hydrogens is 405 g/mol. The zero-order valence-corrected chi connectivity index (χ0v) is 16.2. The first-order chi connectivity index (χ1) is 13.1. The van der Waals surface area contributed by atoms with Crippen LogP contribution in [0.1, 0.15) is 5.89 Å². The van der Waals surface area contributed by atoms with E-state index in [1.807, 2.05) is 30.3 Å².